The number of benzene rings is 2. The van der Waals surface area contributed by atoms with E-state index in [1.165, 1.54) is 0 Å². The van der Waals surface area contributed by atoms with Gasteiger partial charge in [-0.3, -0.25) is 14.3 Å². The number of anilines is 2. The van der Waals surface area contributed by atoms with Gasteiger partial charge in [-0.15, -0.1) is 10.2 Å². The Kier molecular flexibility index (Phi) is 6.72. The smallest absolute Gasteiger partial charge is 0.224 e. The molecule has 2 N–H and O–H groups in total. The molecule has 10 heteroatoms. The third-order valence-corrected chi connectivity index (χ3v) is 6.92. The van der Waals surface area contributed by atoms with E-state index in [1.807, 2.05) is 83.0 Å². The number of morpholine rings is 1. The zero-order valence-corrected chi connectivity index (χ0v) is 21.3. The van der Waals surface area contributed by atoms with Crippen LogP contribution in [0.2, 0.25) is 0 Å². The van der Waals surface area contributed by atoms with Gasteiger partial charge in [0.2, 0.25) is 11.9 Å². The molecule has 3 aromatic heterocycles. The Morgan fingerprint density at radius 2 is 1.76 bits per heavy atom. The maximum Gasteiger partial charge on any atom is 0.224 e. The van der Waals surface area contributed by atoms with E-state index in [0.717, 1.165) is 60.3 Å². The molecule has 1 aliphatic heterocycles. The molecule has 1 amide bonds. The first-order valence-corrected chi connectivity index (χ1v) is 12.8. The number of para-hydroxylation sites is 3. The van der Waals surface area contributed by atoms with Crippen molar-refractivity contribution in [3.63, 3.8) is 0 Å². The van der Waals surface area contributed by atoms with Gasteiger partial charge in [-0.05, 0) is 35.9 Å². The molecule has 0 saturated carbocycles. The molecule has 0 spiro atoms. The van der Waals surface area contributed by atoms with Crippen LogP contribution in [0.1, 0.15) is 5.56 Å². The van der Waals surface area contributed by atoms with Crippen molar-refractivity contribution in [2.24, 2.45) is 7.05 Å². The molecular weight excluding hydrogens is 480 g/mol. The van der Waals surface area contributed by atoms with E-state index in [-0.39, 0.29) is 5.91 Å². The van der Waals surface area contributed by atoms with Crippen LogP contribution in [0.3, 0.4) is 0 Å². The molecule has 0 atom stereocenters. The monoisotopic (exact) mass is 510 g/mol. The molecule has 0 radical (unpaired) electrons. The first kappa shape index (κ1) is 24.1. The number of aromatic nitrogens is 5. The van der Waals surface area contributed by atoms with E-state index < -0.39 is 0 Å². The lowest BCUT2D eigenvalue weighted by Crippen LogP contribution is -2.41. The standard InChI is InChI=1S/C28H30N8O2/c1-34-24-9-5-3-7-22(24)30-28(34)31-25-10-11-26(33-32-25)36-19-20(21-6-2-4-8-23(21)36)18-27(37)29-12-13-35-14-16-38-17-15-35/h2-11,19H,12-18H2,1H3,(H,29,37)(H,30,31,32). The molecular formula is C28H30N8O2. The lowest BCUT2D eigenvalue weighted by atomic mass is 10.1. The summed E-state index contributed by atoms with van der Waals surface area (Å²) < 4.78 is 9.36. The number of hydrogen-bond donors (Lipinski definition) is 2. The van der Waals surface area contributed by atoms with Crippen molar-refractivity contribution in [3.05, 3.63) is 72.4 Å². The van der Waals surface area contributed by atoms with Gasteiger partial charge in [-0.25, -0.2) is 4.98 Å². The number of rotatable bonds is 8. The molecule has 0 aliphatic carbocycles. The second-order valence-corrected chi connectivity index (χ2v) is 9.41. The van der Waals surface area contributed by atoms with Crippen molar-refractivity contribution in [3.8, 4) is 5.82 Å². The van der Waals surface area contributed by atoms with Crippen LogP contribution in [0.4, 0.5) is 11.8 Å². The molecule has 5 aromatic rings. The Morgan fingerprint density at radius 3 is 2.55 bits per heavy atom. The Bertz CT molecular complexity index is 1570. The summed E-state index contributed by atoms with van der Waals surface area (Å²) in [6.07, 6.45) is 2.28. The number of nitrogens with zero attached hydrogens (tertiary/aromatic N) is 6. The van der Waals surface area contributed by atoms with Gasteiger partial charge < -0.3 is 19.9 Å². The largest absolute Gasteiger partial charge is 0.379 e. The van der Waals surface area contributed by atoms with Crippen molar-refractivity contribution in [2.75, 3.05) is 44.7 Å². The Hall–Kier alpha value is -4.28. The minimum Gasteiger partial charge on any atom is -0.379 e. The van der Waals surface area contributed by atoms with Crippen molar-refractivity contribution in [2.45, 2.75) is 6.42 Å². The molecule has 0 bridgehead atoms. The topological polar surface area (TPSA) is 102 Å². The van der Waals surface area contributed by atoms with E-state index in [1.54, 1.807) is 0 Å². The highest BCUT2D eigenvalue weighted by Gasteiger charge is 2.15. The van der Waals surface area contributed by atoms with Gasteiger partial charge in [-0.2, -0.15) is 0 Å². The van der Waals surface area contributed by atoms with Gasteiger partial charge in [0, 0.05) is 44.8 Å². The highest BCUT2D eigenvalue weighted by atomic mass is 16.5. The molecule has 6 rings (SSSR count). The number of aryl methyl sites for hydroxylation is 1. The highest BCUT2D eigenvalue weighted by Crippen LogP contribution is 2.25. The summed E-state index contributed by atoms with van der Waals surface area (Å²) in [6.45, 7) is 4.80. The number of fused-ring (bicyclic) bond motifs is 2. The average molecular weight is 511 g/mol. The van der Waals surface area contributed by atoms with Crippen LogP contribution in [0.5, 0.6) is 0 Å². The molecule has 0 unspecified atom stereocenters. The molecule has 38 heavy (non-hydrogen) atoms. The molecule has 1 saturated heterocycles. The fraction of sp³-hybridized carbons (Fsp3) is 0.286. The van der Waals surface area contributed by atoms with Crippen molar-refractivity contribution in [1.82, 2.24) is 34.5 Å². The maximum atomic E-state index is 12.7. The average Bonchev–Trinajstić information content (AvgIpc) is 3.47. The number of hydrogen-bond acceptors (Lipinski definition) is 7. The zero-order valence-electron chi connectivity index (χ0n) is 21.3. The van der Waals surface area contributed by atoms with Crippen LogP contribution in [0.25, 0.3) is 27.8 Å². The summed E-state index contributed by atoms with van der Waals surface area (Å²) in [5.74, 6) is 1.98. The predicted octanol–water partition coefficient (Wildman–Crippen LogP) is 3.04. The fourth-order valence-electron chi connectivity index (χ4n) is 4.89. The van der Waals surface area contributed by atoms with Crippen LogP contribution in [0.15, 0.2) is 66.9 Å². The zero-order chi connectivity index (χ0) is 25.9. The van der Waals surface area contributed by atoms with Crippen LogP contribution >= 0.6 is 0 Å². The highest BCUT2D eigenvalue weighted by molar-refractivity contribution is 5.90. The number of nitrogens with one attached hydrogen (secondary N) is 2. The van der Waals surface area contributed by atoms with Gasteiger partial charge in [0.15, 0.2) is 11.6 Å². The molecule has 4 heterocycles. The van der Waals surface area contributed by atoms with Gasteiger partial charge in [0.25, 0.3) is 0 Å². The number of carbonyl (C=O) groups excluding carboxylic acids is 1. The minimum atomic E-state index is 0.00856. The predicted molar refractivity (Wildman–Crippen MR) is 147 cm³/mol. The summed E-state index contributed by atoms with van der Waals surface area (Å²) in [6, 6.07) is 19.8. The SMILES string of the molecule is Cn1c(Nc2ccc(-n3cc(CC(=O)NCCN4CCOCC4)c4ccccc43)nn2)nc2ccccc21. The first-order valence-electron chi connectivity index (χ1n) is 12.8. The second kappa shape index (κ2) is 10.6. The van der Waals surface area contributed by atoms with E-state index in [9.17, 15) is 4.79 Å². The van der Waals surface area contributed by atoms with E-state index in [2.05, 4.69) is 30.7 Å². The molecule has 10 nitrogen and oxygen atoms in total. The van der Waals surface area contributed by atoms with E-state index >= 15 is 0 Å². The number of imidazole rings is 1. The lowest BCUT2D eigenvalue weighted by molar-refractivity contribution is -0.120. The number of amides is 1. The summed E-state index contributed by atoms with van der Waals surface area (Å²) >= 11 is 0. The first-order chi connectivity index (χ1) is 18.7. The lowest BCUT2D eigenvalue weighted by Gasteiger charge is -2.26. The molecule has 1 fully saturated rings. The van der Waals surface area contributed by atoms with Gasteiger partial charge in [0.1, 0.15) is 0 Å². The Morgan fingerprint density at radius 1 is 0.974 bits per heavy atom. The van der Waals surface area contributed by atoms with Crippen molar-refractivity contribution >= 4 is 39.6 Å². The normalized spacial score (nSPS) is 14.2. The quantitative estimate of drug-likeness (QED) is 0.331. The van der Waals surface area contributed by atoms with Crippen LogP contribution in [-0.2, 0) is 23.0 Å². The van der Waals surface area contributed by atoms with Crippen molar-refractivity contribution in [1.29, 1.82) is 0 Å². The van der Waals surface area contributed by atoms with E-state index in [0.29, 0.717) is 30.5 Å². The summed E-state index contributed by atoms with van der Waals surface area (Å²) in [7, 11) is 1.96. The number of carbonyl (C=O) groups is 1. The Labute approximate surface area is 220 Å². The van der Waals surface area contributed by atoms with Crippen LogP contribution < -0.4 is 10.6 Å². The van der Waals surface area contributed by atoms with E-state index in [4.69, 9.17) is 4.74 Å². The molecule has 194 valence electrons. The molecule has 1 aliphatic rings. The Balaban J connectivity index is 1.16. The third-order valence-electron chi connectivity index (χ3n) is 6.92. The number of ether oxygens (including phenoxy) is 1. The minimum absolute atomic E-state index is 0.00856. The second-order valence-electron chi connectivity index (χ2n) is 9.41. The molecule has 2 aromatic carbocycles. The van der Waals surface area contributed by atoms with Gasteiger partial charge in [-0.1, -0.05) is 30.3 Å². The summed E-state index contributed by atoms with van der Waals surface area (Å²) in [5.41, 5.74) is 3.89. The fourth-order valence-corrected chi connectivity index (χ4v) is 4.89. The third kappa shape index (κ3) is 4.96. The summed E-state index contributed by atoms with van der Waals surface area (Å²) in [4.78, 5) is 19.7. The van der Waals surface area contributed by atoms with Gasteiger partial charge in [0.05, 0.1) is 36.2 Å². The van der Waals surface area contributed by atoms with Crippen LogP contribution in [-0.4, -0.2) is 74.5 Å². The maximum absolute atomic E-state index is 12.7. The van der Waals surface area contributed by atoms with Crippen LogP contribution in [0, 0.1) is 0 Å². The summed E-state index contributed by atoms with van der Waals surface area (Å²) in [5, 5.41) is 16.2. The van der Waals surface area contributed by atoms with Gasteiger partial charge >= 0.3 is 0 Å². The van der Waals surface area contributed by atoms with Crippen molar-refractivity contribution < 1.29 is 9.53 Å².